The van der Waals surface area contributed by atoms with Crippen molar-refractivity contribution in [3.8, 4) is 6.07 Å². The lowest BCUT2D eigenvalue weighted by atomic mass is 9.99. The molecule has 1 unspecified atom stereocenters. The summed E-state index contributed by atoms with van der Waals surface area (Å²) in [5, 5.41) is 12.3. The van der Waals surface area contributed by atoms with Crippen molar-refractivity contribution in [1.82, 2.24) is 4.98 Å². The van der Waals surface area contributed by atoms with E-state index < -0.39 is 5.82 Å². The van der Waals surface area contributed by atoms with Crippen LogP contribution in [0.2, 0.25) is 0 Å². The monoisotopic (exact) mass is 283 g/mol. The van der Waals surface area contributed by atoms with Crippen molar-refractivity contribution in [3.63, 3.8) is 0 Å². The Morgan fingerprint density at radius 3 is 2.62 bits per heavy atom. The number of anilines is 1. The molecule has 1 heterocycles. The van der Waals surface area contributed by atoms with Crippen LogP contribution >= 0.6 is 0 Å². The average molecular weight is 283 g/mol. The lowest BCUT2D eigenvalue weighted by molar-refractivity contribution is 0.624. The smallest absolute Gasteiger partial charge is 0.143 e. The zero-order valence-electron chi connectivity index (χ0n) is 12.7. The van der Waals surface area contributed by atoms with Crippen molar-refractivity contribution in [2.75, 3.05) is 5.32 Å². The van der Waals surface area contributed by atoms with Gasteiger partial charge in [0.15, 0.2) is 0 Å². The fourth-order valence-electron chi connectivity index (χ4n) is 2.75. The van der Waals surface area contributed by atoms with Crippen molar-refractivity contribution in [2.45, 2.75) is 33.7 Å². The van der Waals surface area contributed by atoms with Gasteiger partial charge in [-0.2, -0.15) is 5.26 Å². The van der Waals surface area contributed by atoms with Crippen LogP contribution in [0.5, 0.6) is 0 Å². The van der Waals surface area contributed by atoms with Crippen molar-refractivity contribution in [2.24, 2.45) is 0 Å². The molecule has 1 N–H and O–H groups in total. The van der Waals surface area contributed by atoms with E-state index >= 15 is 0 Å². The molecule has 0 aliphatic rings. The minimum atomic E-state index is -0.509. The number of nitrogens with one attached hydrogen (secondary N) is 1. The van der Waals surface area contributed by atoms with Gasteiger partial charge in [0.2, 0.25) is 0 Å². The Hall–Kier alpha value is -2.41. The van der Waals surface area contributed by atoms with Gasteiger partial charge in [0.25, 0.3) is 0 Å². The number of hydrogen-bond acceptors (Lipinski definition) is 3. The van der Waals surface area contributed by atoms with Crippen LogP contribution < -0.4 is 5.32 Å². The van der Waals surface area contributed by atoms with E-state index in [4.69, 9.17) is 5.26 Å². The molecule has 0 aliphatic carbocycles. The molecule has 0 fully saturated rings. The van der Waals surface area contributed by atoms with Crippen molar-refractivity contribution < 1.29 is 4.39 Å². The third kappa shape index (κ3) is 3.03. The highest BCUT2D eigenvalue weighted by atomic mass is 19.1. The van der Waals surface area contributed by atoms with Gasteiger partial charge in [0.1, 0.15) is 17.4 Å². The first kappa shape index (κ1) is 15.0. The average Bonchev–Trinajstić information content (AvgIpc) is 2.37. The number of halogens is 1. The lowest BCUT2D eigenvalue weighted by Gasteiger charge is -2.20. The summed E-state index contributed by atoms with van der Waals surface area (Å²) < 4.78 is 13.6. The number of benzene rings is 1. The maximum atomic E-state index is 13.6. The molecule has 0 spiro atoms. The van der Waals surface area contributed by atoms with E-state index in [1.807, 2.05) is 39.8 Å². The van der Waals surface area contributed by atoms with E-state index in [1.54, 1.807) is 12.1 Å². The minimum Gasteiger partial charge on any atom is -0.377 e. The molecular weight excluding hydrogens is 265 g/mol. The van der Waals surface area contributed by atoms with Crippen molar-refractivity contribution in [3.05, 3.63) is 58.2 Å². The Labute approximate surface area is 124 Å². The summed E-state index contributed by atoms with van der Waals surface area (Å²) in [6.07, 6.45) is 0. The fourth-order valence-corrected chi connectivity index (χ4v) is 2.75. The van der Waals surface area contributed by atoms with Gasteiger partial charge in [0, 0.05) is 11.4 Å². The number of rotatable bonds is 3. The largest absolute Gasteiger partial charge is 0.377 e. The summed E-state index contributed by atoms with van der Waals surface area (Å²) in [6.45, 7) is 7.94. The van der Waals surface area contributed by atoms with E-state index in [1.165, 1.54) is 6.07 Å². The van der Waals surface area contributed by atoms with E-state index in [-0.39, 0.29) is 11.6 Å². The lowest BCUT2D eigenvalue weighted by Crippen LogP contribution is -2.12. The molecule has 0 amide bonds. The van der Waals surface area contributed by atoms with Crippen LogP contribution in [0.15, 0.2) is 24.3 Å². The standard InChI is InChI=1S/C17H18FN3/c1-10-8-11(2)20-12(3)17(10)13(4)21-16-7-5-6-15(18)14(16)9-19/h5-8,13,21H,1-4H3. The Kier molecular flexibility index (Phi) is 4.23. The second-order valence-corrected chi connectivity index (χ2v) is 5.22. The number of hydrogen-bond donors (Lipinski definition) is 1. The molecule has 108 valence electrons. The Bertz CT molecular complexity index is 693. The molecular formula is C17H18FN3. The SMILES string of the molecule is Cc1cc(C)c(C(C)Nc2cccc(F)c2C#N)c(C)n1. The van der Waals surface area contributed by atoms with Crippen molar-refractivity contribution in [1.29, 1.82) is 5.26 Å². The zero-order valence-corrected chi connectivity index (χ0v) is 12.7. The molecule has 0 bridgehead atoms. The first-order chi connectivity index (χ1) is 9.93. The molecule has 0 radical (unpaired) electrons. The third-order valence-electron chi connectivity index (χ3n) is 3.51. The van der Waals surface area contributed by atoms with Crippen LogP contribution in [-0.2, 0) is 0 Å². The van der Waals surface area contributed by atoms with Crippen LogP contribution in [0.4, 0.5) is 10.1 Å². The number of aryl methyl sites for hydroxylation is 3. The summed E-state index contributed by atoms with van der Waals surface area (Å²) in [7, 11) is 0. The maximum absolute atomic E-state index is 13.6. The zero-order chi connectivity index (χ0) is 15.6. The van der Waals surface area contributed by atoms with E-state index in [9.17, 15) is 4.39 Å². The summed E-state index contributed by atoms with van der Waals surface area (Å²) in [5.41, 5.74) is 4.68. The molecule has 0 saturated heterocycles. The maximum Gasteiger partial charge on any atom is 0.143 e. The molecule has 1 atom stereocenters. The van der Waals surface area contributed by atoms with Gasteiger partial charge in [-0.3, -0.25) is 4.98 Å². The Morgan fingerprint density at radius 2 is 2.00 bits per heavy atom. The predicted octanol–water partition coefficient (Wildman–Crippen LogP) is 4.19. The number of pyridine rings is 1. The summed E-state index contributed by atoms with van der Waals surface area (Å²) >= 11 is 0. The second kappa shape index (κ2) is 5.92. The highest BCUT2D eigenvalue weighted by Gasteiger charge is 2.15. The van der Waals surface area contributed by atoms with Gasteiger partial charge in [-0.15, -0.1) is 0 Å². The topological polar surface area (TPSA) is 48.7 Å². The summed E-state index contributed by atoms with van der Waals surface area (Å²) in [6, 6.07) is 8.47. The van der Waals surface area contributed by atoms with Crippen LogP contribution in [0.1, 0.15) is 41.0 Å². The van der Waals surface area contributed by atoms with E-state index in [0.29, 0.717) is 5.69 Å². The van der Waals surface area contributed by atoms with Gasteiger partial charge in [0.05, 0.1) is 11.7 Å². The molecule has 1 aromatic carbocycles. The predicted molar refractivity (Wildman–Crippen MR) is 81.6 cm³/mol. The van der Waals surface area contributed by atoms with Gasteiger partial charge >= 0.3 is 0 Å². The van der Waals surface area contributed by atoms with Gasteiger partial charge in [-0.1, -0.05) is 6.07 Å². The summed E-state index contributed by atoms with van der Waals surface area (Å²) in [4.78, 5) is 4.48. The molecule has 4 heteroatoms. The third-order valence-corrected chi connectivity index (χ3v) is 3.51. The highest BCUT2D eigenvalue weighted by Crippen LogP contribution is 2.27. The van der Waals surface area contributed by atoms with E-state index in [0.717, 1.165) is 22.5 Å². The van der Waals surface area contributed by atoms with Crippen LogP contribution in [-0.4, -0.2) is 4.98 Å². The van der Waals surface area contributed by atoms with Crippen LogP contribution in [0, 0.1) is 37.9 Å². The first-order valence-electron chi connectivity index (χ1n) is 6.84. The minimum absolute atomic E-state index is 0.0414. The van der Waals surface area contributed by atoms with Gasteiger partial charge < -0.3 is 5.32 Å². The molecule has 21 heavy (non-hydrogen) atoms. The Balaban J connectivity index is 2.38. The van der Waals surface area contributed by atoms with Crippen LogP contribution in [0.3, 0.4) is 0 Å². The molecule has 0 aliphatic heterocycles. The highest BCUT2D eigenvalue weighted by molar-refractivity contribution is 5.59. The van der Waals surface area contributed by atoms with Crippen LogP contribution in [0.25, 0.3) is 0 Å². The fraction of sp³-hybridized carbons (Fsp3) is 0.294. The second-order valence-electron chi connectivity index (χ2n) is 5.22. The van der Waals surface area contributed by atoms with Gasteiger partial charge in [-0.25, -0.2) is 4.39 Å². The molecule has 2 rings (SSSR count). The molecule has 1 aromatic heterocycles. The Morgan fingerprint density at radius 1 is 1.29 bits per heavy atom. The van der Waals surface area contributed by atoms with Crippen molar-refractivity contribution >= 4 is 5.69 Å². The number of aromatic nitrogens is 1. The molecule has 0 saturated carbocycles. The quantitative estimate of drug-likeness (QED) is 0.918. The number of nitriles is 1. The van der Waals surface area contributed by atoms with Gasteiger partial charge in [-0.05, 0) is 57.0 Å². The summed E-state index contributed by atoms with van der Waals surface area (Å²) in [5.74, 6) is -0.509. The molecule has 2 aromatic rings. The molecule has 3 nitrogen and oxygen atoms in total. The first-order valence-corrected chi connectivity index (χ1v) is 6.84. The number of nitrogens with zero attached hydrogens (tertiary/aromatic N) is 2. The van der Waals surface area contributed by atoms with E-state index in [2.05, 4.69) is 10.3 Å². The normalized spacial score (nSPS) is 11.8.